The second-order valence-corrected chi connectivity index (χ2v) is 4.73. The van der Waals surface area contributed by atoms with Gasteiger partial charge in [-0.2, -0.15) is 5.10 Å². The Hall–Kier alpha value is -1.56. The number of nitrogen functional groups attached to an aromatic ring is 1. The maximum absolute atomic E-state index is 12.8. The van der Waals surface area contributed by atoms with E-state index in [-0.39, 0.29) is 11.9 Å². The van der Waals surface area contributed by atoms with Crippen molar-refractivity contribution in [1.29, 1.82) is 0 Å². The topological polar surface area (TPSA) is 73.4 Å². The number of anilines is 1. The first-order chi connectivity index (χ1) is 9.60. The summed E-state index contributed by atoms with van der Waals surface area (Å²) in [4.78, 5) is 14.7. The van der Waals surface area contributed by atoms with Gasteiger partial charge in [-0.25, -0.2) is 0 Å². The van der Waals surface area contributed by atoms with Crippen molar-refractivity contribution in [3.05, 3.63) is 11.9 Å². The first kappa shape index (κ1) is 16.5. The Bertz CT molecular complexity index is 427. The number of nitrogens with zero attached hydrogens (tertiary/aromatic N) is 3. The normalized spacial score (nSPS) is 11.1. The van der Waals surface area contributed by atoms with Crippen molar-refractivity contribution < 1.29 is 9.53 Å². The number of amides is 1. The molecule has 1 rings (SSSR count). The number of nitrogens with two attached hydrogens (primary N) is 1. The van der Waals surface area contributed by atoms with Crippen LogP contribution in [0.3, 0.4) is 0 Å². The molecule has 0 aromatic carbocycles. The Balaban J connectivity index is 3.05. The highest BCUT2D eigenvalue weighted by Crippen LogP contribution is 2.18. The maximum atomic E-state index is 12.8. The zero-order chi connectivity index (χ0) is 15.1. The minimum atomic E-state index is -0.0624. The summed E-state index contributed by atoms with van der Waals surface area (Å²) in [7, 11) is 1.64. The summed E-state index contributed by atoms with van der Waals surface area (Å²) in [5.41, 5.74) is 6.82. The Morgan fingerprint density at radius 2 is 2.10 bits per heavy atom. The molecule has 1 aromatic rings. The number of aromatic nitrogens is 2. The van der Waals surface area contributed by atoms with E-state index in [2.05, 4.69) is 18.9 Å². The Morgan fingerprint density at radius 1 is 1.45 bits per heavy atom. The van der Waals surface area contributed by atoms with Gasteiger partial charge in [0, 0.05) is 26.2 Å². The highest BCUT2D eigenvalue weighted by molar-refractivity contribution is 5.97. The standard InChI is InChI=1S/C14H26N4O2/c1-5-11(6-2)17(8-9-20-4)14(19)13-12(15)10-16-18(13)7-3/h10-11H,5-9,15H2,1-4H3. The van der Waals surface area contributed by atoms with Crippen LogP contribution in [0.25, 0.3) is 0 Å². The smallest absolute Gasteiger partial charge is 0.274 e. The average molecular weight is 282 g/mol. The number of carbonyl (C=O) groups excluding carboxylic acids is 1. The molecule has 1 amide bonds. The molecular weight excluding hydrogens is 256 g/mol. The van der Waals surface area contributed by atoms with Crippen molar-refractivity contribution in [2.75, 3.05) is 26.0 Å². The van der Waals surface area contributed by atoms with Crippen LogP contribution in [0.5, 0.6) is 0 Å². The van der Waals surface area contributed by atoms with Gasteiger partial charge >= 0.3 is 0 Å². The Morgan fingerprint density at radius 3 is 2.60 bits per heavy atom. The van der Waals surface area contributed by atoms with Crippen LogP contribution in [-0.2, 0) is 11.3 Å². The van der Waals surface area contributed by atoms with Gasteiger partial charge in [0.1, 0.15) is 5.69 Å². The molecule has 0 radical (unpaired) electrons. The lowest BCUT2D eigenvalue weighted by Crippen LogP contribution is -2.42. The zero-order valence-electron chi connectivity index (χ0n) is 12.9. The fourth-order valence-electron chi connectivity index (χ4n) is 2.38. The van der Waals surface area contributed by atoms with Gasteiger partial charge in [-0.1, -0.05) is 13.8 Å². The number of carbonyl (C=O) groups is 1. The van der Waals surface area contributed by atoms with Gasteiger partial charge in [0.15, 0.2) is 0 Å². The van der Waals surface area contributed by atoms with E-state index in [4.69, 9.17) is 10.5 Å². The lowest BCUT2D eigenvalue weighted by atomic mass is 10.1. The summed E-state index contributed by atoms with van der Waals surface area (Å²) in [6.07, 6.45) is 3.36. The van der Waals surface area contributed by atoms with Crippen molar-refractivity contribution in [2.45, 2.75) is 46.2 Å². The van der Waals surface area contributed by atoms with E-state index >= 15 is 0 Å². The monoisotopic (exact) mass is 282 g/mol. The molecule has 0 fully saturated rings. The van der Waals surface area contributed by atoms with E-state index in [1.807, 2.05) is 11.8 Å². The third-order valence-corrected chi connectivity index (χ3v) is 3.55. The number of hydrogen-bond acceptors (Lipinski definition) is 4. The molecule has 0 spiro atoms. The predicted molar refractivity (Wildman–Crippen MR) is 79.6 cm³/mol. The fourth-order valence-corrected chi connectivity index (χ4v) is 2.38. The summed E-state index contributed by atoms with van der Waals surface area (Å²) in [5.74, 6) is -0.0624. The molecule has 0 atom stereocenters. The van der Waals surface area contributed by atoms with Gasteiger partial charge in [0.05, 0.1) is 18.5 Å². The summed E-state index contributed by atoms with van der Waals surface area (Å²) < 4.78 is 6.77. The quantitative estimate of drug-likeness (QED) is 0.788. The highest BCUT2D eigenvalue weighted by atomic mass is 16.5. The molecule has 6 heteroatoms. The molecule has 2 N–H and O–H groups in total. The molecule has 0 saturated heterocycles. The molecule has 0 aliphatic rings. The van der Waals surface area contributed by atoms with E-state index in [0.29, 0.717) is 31.1 Å². The van der Waals surface area contributed by atoms with Crippen molar-refractivity contribution >= 4 is 11.6 Å². The second-order valence-electron chi connectivity index (χ2n) is 4.73. The lowest BCUT2D eigenvalue weighted by Gasteiger charge is -2.30. The van der Waals surface area contributed by atoms with Gasteiger partial charge in [-0.3, -0.25) is 9.48 Å². The summed E-state index contributed by atoms with van der Waals surface area (Å²) >= 11 is 0. The van der Waals surface area contributed by atoms with E-state index in [0.717, 1.165) is 12.8 Å². The molecule has 1 heterocycles. The number of hydrogen-bond donors (Lipinski definition) is 1. The largest absolute Gasteiger partial charge is 0.396 e. The molecule has 0 aliphatic heterocycles. The third-order valence-electron chi connectivity index (χ3n) is 3.55. The molecule has 114 valence electrons. The number of ether oxygens (including phenoxy) is 1. The Labute approximate surface area is 120 Å². The molecule has 1 aromatic heterocycles. The van der Waals surface area contributed by atoms with Crippen LogP contribution in [0.15, 0.2) is 6.20 Å². The minimum Gasteiger partial charge on any atom is -0.396 e. The summed E-state index contributed by atoms with van der Waals surface area (Å²) in [6, 6.07) is 0.192. The molecule has 0 unspecified atom stereocenters. The predicted octanol–water partition coefficient (Wildman–Crippen LogP) is 1.76. The fraction of sp³-hybridized carbons (Fsp3) is 0.714. The van der Waals surface area contributed by atoms with Crippen molar-refractivity contribution in [1.82, 2.24) is 14.7 Å². The second kappa shape index (κ2) is 7.89. The summed E-state index contributed by atoms with van der Waals surface area (Å²) in [6.45, 7) is 7.82. The van der Waals surface area contributed by atoms with E-state index in [1.165, 1.54) is 6.20 Å². The molecule has 0 saturated carbocycles. The number of aryl methyl sites for hydroxylation is 1. The van der Waals surface area contributed by atoms with E-state index < -0.39 is 0 Å². The van der Waals surface area contributed by atoms with Gasteiger partial charge in [0.25, 0.3) is 5.91 Å². The molecular formula is C14H26N4O2. The first-order valence-corrected chi connectivity index (χ1v) is 7.21. The van der Waals surface area contributed by atoms with Crippen LogP contribution in [-0.4, -0.2) is 46.9 Å². The minimum absolute atomic E-state index is 0.0624. The zero-order valence-corrected chi connectivity index (χ0v) is 12.9. The van der Waals surface area contributed by atoms with Gasteiger partial charge in [0.2, 0.25) is 0 Å². The maximum Gasteiger partial charge on any atom is 0.274 e. The molecule has 0 bridgehead atoms. The van der Waals surface area contributed by atoms with E-state index in [1.54, 1.807) is 11.8 Å². The average Bonchev–Trinajstić information content (AvgIpc) is 2.83. The van der Waals surface area contributed by atoms with Crippen LogP contribution in [0.1, 0.15) is 44.1 Å². The molecule has 6 nitrogen and oxygen atoms in total. The van der Waals surface area contributed by atoms with Crippen LogP contribution >= 0.6 is 0 Å². The van der Waals surface area contributed by atoms with Crippen LogP contribution in [0, 0.1) is 0 Å². The van der Waals surface area contributed by atoms with E-state index in [9.17, 15) is 4.79 Å². The van der Waals surface area contributed by atoms with Gasteiger partial charge in [-0.05, 0) is 19.8 Å². The SMILES string of the molecule is CCC(CC)N(CCOC)C(=O)c1c(N)cnn1CC. The van der Waals surface area contributed by atoms with Gasteiger partial charge in [-0.15, -0.1) is 0 Å². The van der Waals surface area contributed by atoms with Crippen molar-refractivity contribution in [3.8, 4) is 0 Å². The van der Waals surface area contributed by atoms with Crippen molar-refractivity contribution in [2.24, 2.45) is 0 Å². The van der Waals surface area contributed by atoms with Crippen LogP contribution < -0.4 is 5.73 Å². The lowest BCUT2D eigenvalue weighted by molar-refractivity contribution is 0.0578. The molecule has 20 heavy (non-hydrogen) atoms. The van der Waals surface area contributed by atoms with Crippen LogP contribution in [0.4, 0.5) is 5.69 Å². The number of methoxy groups -OCH3 is 1. The summed E-state index contributed by atoms with van der Waals surface area (Å²) in [5, 5.41) is 4.14. The van der Waals surface area contributed by atoms with Crippen molar-refractivity contribution in [3.63, 3.8) is 0 Å². The Kier molecular flexibility index (Phi) is 6.51. The molecule has 0 aliphatic carbocycles. The van der Waals surface area contributed by atoms with Crippen LogP contribution in [0.2, 0.25) is 0 Å². The first-order valence-electron chi connectivity index (χ1n) is 7.21. The highest BCUT2D eigenvalue weighted by Gasteiger charge is 2.26. The third kappa shape index (κ3) is 3.50. The number of rotatable bonds is 8. The van der Waals surface area contributed by atoms with Gasteiger partial charge < -0.3 is 15.4 Å².